The minimum absolute atomic E-state index is 0.478. The van der Waals surface area contributed by atoms with Gasteiger partial charge in [0.2, 0.25) is 0 Å². The molecule has 0 aliphatic heterocycles. The standard InChI is InChI=1S/C12H27N/c1-7-8-11(12(2,3)4)9-10-13(5)6/h11H,7-10H2,1-6H3. The van der Waals surface area contributed by atoms with E-state index in [4.69, 9.17) is 0 Å². The van der Waals surface area contributed by atoms with Gasteiger partial charge in [-0.1, -0.05) is 40.5 Å². The van der Waals surface area contributed by atoms with Gasteiger partial charge in [-0.05, 0) is 38.4 Å². The normalized spacial score (nSPS) is 15.0. The van der Waals surface area contributed by atoms with Crippen LogP contribution < -0.4 is 0 Å². The first-order valence-corrected chi connectivity index (χ1v) is 5.52. The lowest BCUT2D eigenvalue weighted by Crippen LogP contribution is -2.25. The van der Waals surface area contributed by atoms with E-state index >= 15 is 0 Å². The monoisotopic (exact) mass is 185 g/mol. The summed E-state index contributed by atoms with van der Waals surface area (Å²) in [5.41, 5.74) is 0.478. The average molecular weight is 185 g/mol. The van der Waals surface area contributed by atoms with E-state index in [-0.39, 0.29) is 0 Å². The molecule has 1 unspecified atom stereocenters. The smallest absolute Gasteiger partial charge is 0.00220 e. The lowest BCUT2D eigenvalue weighted by molar-refractivity contribution is 0.192. The molecule has 0 spiro atoms. The Hall–Kier alpha value is -0.0400. The van der Waals surface area contributed by atoms with Crippen LogP contribution in [-0.4, -0.2) is 25.5 Å². The van der Waals surface area contributed by atoms with Gasteiger partial charge in [-0.3, -0.25) is 0 Å². The van der Waals surface area contributed by atoms with Gasteiger partial charge in [0.05, 0.1) is 0 Å². The van der Waals surface area contributed by atoms with Crippen molar-refractivity contribution in [3.05, 3.63) is 0 Å². The summed E-state index contributed by atoms with van der Waals surface area (Å²) in [6.07, 6.45) is 4.02. The third kappa shape index (κ3) is 6.09. The maximum Gasteiger partial charge on any atom is -0.00220 e. The van der Waals surface area contributed by atoms with Crippen molar-refractivity contribution >= 4 is 0 Å². The molecule has 0 saturated carbocycles. The van der Waals surface area contributed by atoms with Gasteiger partial charge in [-0.15, -0.1) is 0 Å². The zero-order chi connectivity index (χ0) is 10.5. The first-order valence-electron chi connectivity index (χ1n) is 5.52. The van der Waals surface area contributed by atoms with Crippen molar-refractivity contribution in [2.24, 2.45) is 11.3 Å². The van der Waals surface area contributed by atoms with Crippen LogP contribution in [0.5, 0.6) is 0 Å². The Kier molecular flexibility index (Phi) is 5.62. The van der Waals surface area contributed by atoms with Crippen LogP contribution in [0.2, 0.25) is 0 Å². The molecule has 0 heterocycles. The lowest BCUT2D eigenvalue weighted by Gasteiger charge is -2.31. The van der Waals surface area contributed by atoms with E-state index in [0.29, 0.717) is 5.41 Å². The molecule has 0 rings (SSSR count). The van der Waals surface area contributed by atoms with Gasteiger partial charge >= 0.3 is 0 Å². The summed E-state index contributed by atoms with van der Waals surface area (Å²) in [5, 5.41) is 0. The molecule has 0 amide bonds. The Morgan fingerprint density at radius 3 is 1.92 bits per heavy atom. The van der Waals surface area contributed by atoms with E-state index in [9.17, 15) is 0 Å². The van der Waals surface area contributed by atoms with Crippen LogP contribution in [0.15, 0.2) is 0 Å². The first-order chi connectivity index (χ1) is 5.88. The van der Waals surface area contributed by atoms with Gasteiger partial charge in [-0.2, -0.15) is 0 Å². The van der Waals surface area contributed by atoms with Crippen LogP contribution in [0.1, 0.15) is 47.0 Å². The van der Waals surface area contributed by atoms with Crippen molar-refractivity contribution < 1.29 is 0 Å². The summed E-state index contributed by atoms with van der Waals surface area (Å²) in [6, 6.07) is 0. The second kappa shape index (κ2) is 5.64. The molecular formula is C12H27N. The Labute approximate surface area is 84.5 Å². The zero-order valence-corrected chi connectivity index (χ0v) is 10.4. The fraction of sp³-hybridized carbons (Fsp3) is 1.00. The zero-order valence-electron chi connectivity index (χ0n) is 10.4. The van der Waals surface area contributed by atoms with Gasteiger partial charge in [0.1, 0.15) is 0 Å². The van der Waals surface area contributed by atoms with Gasteiger partial charge in [-0.25, -0.2) is 0 Å². The fourth-order valence-corrected chi connectivity index (χ4v) is 1.77. The topological polar surface area (TPSA) is 3.24 Å². The highest BCUT2D eigenvalue weighted by Crippen LogP contribution is 2.32. The van der Waals surface area contributed by atoms with Crippen molar-refractivity contribution in [1.29, 1.82) is 0 Å². The molecule has 0 N–H and O–H groups in total. The van der Waals surface area contributed by atoms with E-state index in [2.05, 4.69) is 46.7 Å². The molecule has 0 fully saturated rings. The van der Waals surface area contributed by atoms with Crippen LogP contribution in [0.25, 0.3) is 0 Å². The van der Waals surface area contributed by atoms with Gasteiger partial charge in [0, 0.05) is 0 Å². The number of hydrogen-bond acceptors (Lipinski definition) is 1. The molecule has 0 bridgehead atoms. The maximum absolute atomic E-state index is 2.36. The highest BCUT2D eigenvalue weighted by atomic mass is 15.0. The average Bonchev–Trinajstić information content (AvgIpc) is 1.95. The van der Waals surface area contributed by atoms with Crippen LogP contribution in [0.3, 0.4) is 0 Å². The van der Waals surface area contributed by atoms with Gasteiger partial charge < -0.3 is 4.90 Å². The molecule has 0 aromatic rings. The molecule has 80 valence electrons. The molecular weight excluding hydrogens is 158 g/mol. The van der Waals surface area contributed by atoms with Crippen molar-refractivity contribution in [2.75, 3.05) is 20.6 Å². The van der Waals surface area contributed by atoms with Crippen LogP contribution in [0.4, 0.5) is 0 Å². The summed E-state index contributed by atoms with van der Waals surface area (Å²) in [4.78, 5) is 2.29. The fourth-order valence-electron chi connectivity index (χ4n) is 1.77. The van der Waals surface area contributed by atoms with Crippen molar-refractivity contribution in [1.82, 2.24) is 4.90 Å². The van der Waals surface area contributed by atoms with Gasteiger partial charge in [0.15, 0.2) is 0 Å². The van der Waals surface area contributed by atoms with Crippen LogP contribution >= 0.6 is 0 Å². The van der Waals surface area contributed by atoms with E-state index in [1.807, 2.05) is 0 Å². The molecule has 1 nitrogen and oxygen atoms in total. The van der Waals surface area contributed by atoms with Crippen molar-refractivity contribution in [2.45, 2.75) is 47.0 Å². The third-order valence-electron chi connectivity index (χ3n) is 2.79. The van der Waals surface area contributed by atoms with Crippen molar-refractivity contribution in [3.63, 3.8) is 0 Å². The Bertz CT molecular complexity index is 122. The highest BCUT2D eigenvalue weighted by molar-refractivity contribution is 4.74. The van der Waals surface area contributed by atoms with Gasteiger partial charge in [0.25, 0.3) is 0 Å². The highest BCUT2D eigenvalue weighted by Gasteiger charge is 2.23. The SMILES string of the molecule is CCCC(CCN(C)C)C(C)(C)C. The molecule has 0 aromatic carbocycles. The molecule has 0 aliphatic carbocycles. The Morgan fingerprint density at radius 1 is 1.08 bits per heavy atom. The molecule has 1 atom stereocenters. The number of hydrogen-bond donors (Lipinski definition) is 0. The molecule has 0 aliphatic rings. The summed E-state index contributed by atoms with van der Waals surface area (Å²) in [7, 11) is 4.32. The molecule has 0 saturated heterocycles. The molecule has 1 heteroatoms. The maximum atomic E-state index is 2.36. The Balaban J connectivity index is 3.95. The predicted molar refractivity (Wildman–Crippen MR) is 61.0 cm³/mol. The molecule has 13 heavy (non-hydrogen) atoms. The molecule has 0 aromatic heterocycles. The van der Waals surface area contributed by atoms with E-state index in [0.717, 1.165) is 5.92 Å². The quantitative estimate of drug-likeness (QED) is 0.634. The van der Waals surface area contributed by atoms with E-state index in [1.165, 1.54) is 25.8 Å². The number of nitrogens with zero attached hydrogens (tertiary/aromatic N) is 1. The summed E-state index contributed by atoms with van der Waals surface area (Å²) >= 11 is 0. The first kappa shape index (κ1) is 13.0. The van der Waals surface area contributed by atoms with E-state index < -0.39 is 0 Å². The second-order valence-corrected chi connectivity index (χ2v) is 5.44. The second-order valence-electron chi connectivity index (χ2n) is 5.44. The summed E-state index contributed by atoms with van der Waals surface area (Å²) < 4.78 is 0. The van der Waals surface area contributed by atoms with Crippen molar-refractivity contribution in [3.8, 4) is 0 Å². The lowest BCUT2D eigenvalue weighted by atomic mass is 9.76. The molecule has 0 radical (unpaired) electrons. The largest absolute Gasteiger partial charge is 0.309 e. The minimum atomic E-state index is 0.478. The minimum Gasteiger partial charge on any atom is -0.309 e. The van der Waals surface area contributed by atoms with Crippen LogP contribution in [0, 0.1) is 11.3 Å². The summed E-state index contributed by atoms with van der Waals surface area (Å²) in [6.45, 7) is 10.6. The Morgan fingerprint density at radius 2 is 1.62 bits per heavy atom. The third-order valence-corrected chi connectivity index (χ3v) is 2.79. The predicted octanol–water partition coefficient (Wildman–Crippen LogP) is 3.40. The summed E-state index contributed by atoms with van der Waals surface area (Å²) in [5.74, 6) is 0.875. The van der Waals surface area contributed by atoms with E-state index in [1.54, 1.807) is 0 Å². The van der Waals surface area contributed by atoms with Crippen LogP contribution in [-0.2, 0) is 0 Å². The number of rotatable bonds is 5.